The fourth-order valence-electron chi connectivity index (χ4n) is 2.04. The highest BCUT2D eigenvalue weighted by atomic mass is 79.9. The number of fused-ring (bicyclic) bond motifs is 2. The zero-order valence-electron chi connectivity index (χ0n) is 5.96. The molecule has 0 amide bonds. The number of halogens is 1. The fraction of sp³-hybridized carbons (Fsp3) is 0.625. The predicted octanol–water partition coefficient (Wildman–Crippen LogP) is 1.80. The summed E-state index contributed by atoms with van der Waals surface area (Å²) >= 11 is 3.32. The molecule has 2 aliphatic rings. The number of rotatable bonds is 1. The van der Waals surface area contributed by atoms with Crippen LogP contribution in [0.25, 0.3) is 0 Å². The molecule has 3 heteroatoms. The fourth-order valence-corrected chi connectivity index (χ4v) is 2.80. The van der Waals surface area contributed by atoms with Crippen molar-refractivity contribution in [2.24, 2.45) is 11.8 Å². The third kappa shape index (κ3) is 0.868. The van der Waals surface area contributed by atoms with E-state index in [0.29, 0.717) is 5.92 Å². The van der Waals surface area contributed by atoms with E-state index in [-0.39, 0.29) is 5.92 Å². The van der Waals surface area contributed by atoms with Gasteiger partial charge in [0.15, 0.2) is 0 Å². The Morgan fingerprint density at radius 2 is 2.36 bits per heavy atom. The molecule has 1 fully saturated rings. The first-order valence-electron chi connectivity index (χ1n) is 3.73. The van der Waals surface area contributed by atoms with Crippen molar-refractivity contribution in [2.45, 2.75) is 17.2 Å². The minimum atomic E-state index is -0.714. The van der Waals surface area contributed by atoms with Crippen LogP contribution in [0.2, 0.25) is 0 Å². The van der Waals surface area contributed by atoms with Crippen LogP contribution in [0.3, 0.4) is 0 Å². The van der Waals surface area contributed by atoms with Gasteiger partial charge in [-0.3, -0.25) is 4.79 Å². The van der Waals surface area contributed by atoms with Gasteiger partial charge in [-0.05, 0) is 18.8 Å². The molecule has 0 aromatic carbocycles. The van der Waals surface area contributed by atoms with Gasteiger partial charge in [-0.25, -0.2) is 0 Å². The lowest BCUT2D eigenvalue weighted by Crippen LogP contribution is -2.35. The van der Waals surface area contributed by atoms with Crippen LogP contribution in [0, 0.1) is 11.8 Å². The SMILES string of the molecule is O=C(O)[C@]1(Br)C[C@H]2C=C[C@@H]1C2. The Bertz CT molecular complexity index is 236. The van der Waals surface area contributed by atoms with Gasteiger partial charge in [-0.2, -0.15) is 0 Å². The Kier molecular flexibility index (Phi) is 1.40. The van der Waals surface area contributed by atoms with Crippen LogP contribution in [0.1, 0.15) is 12.8 Å². The first-order valence-corrected chi connectivity index (χ1v) is 4.53. The summed E-state index contributed by atoms with van der Waals surface area (Å²) in [5, 5.41) is 8.91. The topological polar surface area (TPSA) is 37.3 Å². The van der Waals surface area contributed by atoms with Crippen LogP contribution in [0.4, 0.5) is 0 Å². The van der Waals surface area contributed by atoms with Crippen LogP contribution >= 0.6 is 15.9 Å². The number of carboxylic acid groups (broad SMARTS) is 1. The number of aliphatic carboxylic acids is 1. The maximum atomic E-state index is 10.8. The second kappa shape index (κ2) is 2.09. The first kappa shape index (κ1) is 7.35. The van der Waals surface area contributed by atoms with Crippen molar-refractivity contribution >= 4 is 21.9 Å². The molecular formula is C8H9BrO2. The average molecular weight is 217 g/mol. The highest BCUT2D eigenvalue weighted by molar-refractivity contribution is 9.10. The lowest BCUT2D eigenvalue weighted by molar-refractivity contribution is -0.140. The number of hydrogen-bond donors (Lipinski definition) is 1. The monoisotopic (exact) mass is 216 g/mol. The van der Waals surface area contributed by atoms with Crippen molar-refractivity contribution < 1.29 is 9.90 Å². The number of carbonyl (C=O) groups is 1. The summed E-state index contributed by atoms with van der Waals surface area (Å²) in [4.78, 5) is 10.8. The first-order chi connectivity index (χ1) is 5.13. The zero-order valence-corrected chi connectivity index (χ0v) is 7.54. The van der Waals surface area contributed by atoms with E-state index in [1.165, 1.54) is 0 Å². The molecule has 1 saturated carbocycles. The highest BCUT2D eigenvalue weighted by Crippen LogP contribution is 2.51. The maximum absolute atomic E-state index is 10.8. The Hall–Kier alpha value is -0.310. The van der Waals surface area contributed by atoms with Crippen molar-refractivity contribution in [3.63, 3.8) is 0 Å². The Labute approximate surface area is 73.4 Å². The van der Waals surface area contributed by atoms with E-state index in [2.05, 4.69) is 22.0 Å². The molecular weight excluding hydrogens is 208 g/mol. The van der Waals surface area contributed by atoms with Gasteiger partial charge in [0.2, 0.25) is 0 Å². The molecule has 0 spiro atoms. The molecule has 2 aliphatic carbocycles. The van der Waals surface area contributed by atoms with Gasteiger partial charge in [0, 0.05) is 5.92 Å². The summed E-state index contributed by atoms with van der Waals surface area (Å²) in [6.45, 7) is 0. The third-order valence-electron chi connectivity index (χ3n) is 2.67. The molecule has 0 aromatic heterocycles. The normalized spacial score (nSPS) is 46.6. The van der Waals surface area contributed by atoms with Crippen molar-refractivity contribution in [1.82, 2.24) is 0 Å². The standard InChI is InChI=1S/C8H9BrO2/c9-8(7(10)11)4-5-1-2-6(8)3-5/h1-2,5-6H,3-4H2,(H,10,11)/t5-,6+,8-/m0/s1. The molecule has 1 N–H and O–H groups in total. The summed E-state index contributed by atoms with van der Waals surface area (Å²) in [5.74, 6) is -0.00479. The molecule has 2 bridgehead atoms. The van der Waals surface area contributed by atoms with Gasteiger partial charge in [0.25, 0.3) is 0 Å². The van der Waals surface area contributed by atoms with E-state index in [4.69, 9.17) is 5.11 Å². The van der Waals surface area contributed by atoms with E-state index in [1.807, 2.05) is 6.08 Å². The van der Waals surface area contributed by atoms with Gasteiger partial charge >= 0.3 is 5.97 Å². The van der Waals surface area contributed by atoms with E-state index < -0.39 is 10.3 Å². The molecule has 0 aliphatic heterocycles. The van der Waals surface area contributed by atoms with Crippen molar-refractivity contribution in [1.29, 1.82) is 0 Å². The Morgan fingerprint density at radius 3 is 2.64 bits per heavy atom. The molecule has 0 saturated heterocycles. The van der Waals surface area contributed by atoms with Gasteiger partial charge in [0.1, 0.15) is 4.32 Å². The maximum Gasteiger partial charge on any atom is 0.321 e. The molecule has 0 radical (unpaired) electrons. The molecule has 0 unspecified atom stereocenters. The molecule has 0 heterocycles. The van der Waals surface area contributed by atoms with E-state index >= 15 is 0 Å². The lowest BCUT2D eigenvalue weighted by Gasteiger charge is -2.23. The molecule has 2 nitrogen and oxygen atoms in total. The minimum absolute atomic E-state index is 0.213. The molecule has 0 aromatic rings. The second-order valence-electron chi connectivity index (χ2n) is 3.36. The van der Waals surface area contributed by atoms with Crippen LogP contribution in [-0.2, 0) is 4.79 Å². The van der Waals surface area contributed by atoms with Crippen LogP contribution in [0.5, 0.6) is 0 Å². The van der Waals surface area contributed by atoms with Crippen molar-refractivity contribution in [2.75, 3.05) is 0 Å². The van der Waals surface area contributed by atoms with Crippen LogP contribution in [-0.4, -0.2) is 15.4 Å². The summed E-state index contributed by atoms with van der Waals surface area (Å²) in [5.41, 5.74) is 0. The van der Waals surface area contributed by atoms with Gasteiger partial charge < -0.3 is 5.11 Å². The van der Waals surface area contributed by atoms with Gasteiger partial charge in [0.05, 0.1) is 0 Å². The van der Waals surface area contributed by atoms with E-state index in [0.717, 1.165) is 12.8 Å². The van der Waals surface area contributed by atoms with Crippen LogP contribution < -0.4 is 0 Å². The molecule has 11 heavy (non-hydrogen) atoms. The average Bonchev–Trinajstić information content (AvgIpc) is 2.45. The molecule has 3 atom stereocenters. The van der Waals surface area contributed by atoms with Gasteiger partial charge in [-0.1, -0.05) is 28.1 Å². The summed E-state index contributed by atoms with van der Waals surface area (Å²) in [6.07, 6.45) is 5.92. The smallest absolute Gasteiger partial charge is 0.321 e. The number of carboxylic acids is 1. The Morgan fingerprint density at radius 1 is 1.64 bits per heavy atom. The highest BCUT2D eigenvalue weighted by Gasteiger charge is 2.51. The van der Waals surface area contributed by atoms with E-state index in [1.54, 1.807) is 0 Å². The van der Waals surface area contributed by atoms with Gasteiger partial charge in [-0.15, -0.1) is 0 Å². The largest absolute Gasteiger partial charge is 0.480 e. The Balaban J connectivity index is 2.30. The predicted molar refractivity (Wildman–Crippen MR) is 44.6 cm³/mol. The second-order valence-corrected chi connectivity index (χ2v) is 4.77. The zero-order chi connectivity index (χ0) is 8.06. The minimum Gasteiger partial charge on any atom is -0.480 e. The summed E-state index contributed by atoms with van der Waals surface area (Å²) in [7, 11) is 0. The van der Waals surface area contributed by atoms with E-state index in [9.17, 15) is 4.79 Å². The third-order valence-corrected chi connectivity index (χ3v) is 3.93. The number of allylic oxidation sites excluding steroid dienone is 2. The lowest BCUT2D eigenvalue weighted by atomic mass is 9.94. The number of alkyl halides is 1. The molecule has 2 rings (SSSR count). The van der Waals surface area contributed by atoms with Crippen molar-refractivity contribution in [3.05, 3.63) is 12.2 Å². The summed E-state index contributed by atoms with van der Waals surface area (Å²) in [6, 6.07) is 0. The summed E-state index contributed by atoms with van der Waals surface area (Å²) < 4.78 is -0.646. The number of hydrogen-bond acceptors (Lipinski definition) is 1. The van der Waals surface area contributed by atoms with Crippen molar-refractivity contribution in [3.8, 4) is 0 Å². The van der Waals surface area contributed by atoms with Crippen LogP contribution in [0.15, 0.2) is 12.2 Å². The quantitative estimate of drug-likeness (QED) is 0.537. The molecule has 60 valence electrons.